The van der Waals surface area contributed by atoms with E-state index in [1.54, 1.807) is 0 Å². The fourth-order valence-electron chi connectivity index (χ4n) is 9.66. The second-order valence-electron chi connectivity index (χ2n) is 14.3. The van der Waals surface area contributed by atoms with Crippen molar-refractivity contribution in [3.05, 3.63) is 169 Å². The quantitative estimate of drug-likeness (QED) is 0.169. The number of fused-ring (bicyclic) bond motifs is 13. The van der Waals surface area contributed by atoms with Crippen LogP contribution in [-0.4, -0.2) is 0 Å². The van der Waals surface area contributed by atoms with E-state index >= 15 is 0 Å². The molecular formula is C49H32. The predicted molar refractivity (Wildman–Crippen MR) is 209 cm³/mol. The van der Waals surface area contributed by atoms with Crippen molar-refractivity contribution in [3.63, 3.8) is 0 Å². The Morgan fingerprint density at radius 1 is 0.286 bits per heavy atom. The Balaban J connectivity index is 1.24. The van der Waals surface area contributed by atoms with Gasteiger partial charge < -0.3 is 0 Å². The molecule has 9 aromatic rings. The van der Waals surface area contributed by atoms with Crippen molar-refractivity contribution < 1.29 is 0 Å². The average molecular weight is 621 g/mol. The van der Waals surface area contributed by atoms with Crippen molar-refractivity contribution in [2.75, 3.05) is 0 Å². The molecular weight excluding hydrogens is 589 g/mol. The third-order valence-corrected chi connectivity index (χ3v) is 11.6. The maximum atomic E-state index is 2.53. The maximum Gasteiger partial charge on any atom is 0.0171 e. The van der Waals surface area contributed by atoms with E-state index in [4.69, 9.17) is 0 Å². The van der Waals surface area contributed by atoms with E-state index in [2.05, 4.69) is 172 Å². The fraction of sp³-hybridized carbons (Fsp3) is 0.0612. The average Bonchev–Trinajstić information content (AvgIpc) is 3.61. The van der Waals surface area contributed by atoms with Crippen molar-refractivity contribution in [1.29, 1.82) is 0 Å². The van der Waals surface area contributed by atoms with Gasteiger partial charge in [0, 0.05) is 5.41 Å². The molecule has 11 rings (SSSR count). The first-order chi connectivity index (χ1) is 24.1. The molecule has 0 amide bonds. The van der Waals surface area contributed by atoms with Gasteiger partial charge in [-0.2, -0.15) is 0 Å². The molecule has 49 heavy (non-hydrogen) atoms. The normalized spacial score (nSPS) is 13.7. The highest BCUT2D eigenvalue weighted by atomic mass is 14.4. The molecule has 0 nitrogen and oxygen atoms in total. The van der Waals surface area contributed by atoms with Gasteiger partial charge in [-0.15, -0.1) is 0 Å². The molecule has 0 N–H and O–H groups in total. The topological polar surface area (TPSA) is 0 Å². The standard InChI is InChI=1S/C49H32/c1-49(2)47-41-22-11-9-20-35(41)43(28-44(47)46-39-21-10-7-17-32(39)33-18-8-12-23-42(33)48(46)49)34-19-6-3-14-29(34)36-26-27-40-31-16-5-4-15-30(31)37-24-13-25-38(36)45(37)40/h3-28H,1-2H3. The van der Waals surface area contributed by atoms with Crippen LogP contribution in [0.25, 0.3) is 98.7 Å². The largest absolute Gasteiger partial charge is 0.0616 e. The van der Waals surface area contributed by atoms with Gasteiger partial charge in [0.05, 0.1) is 0 Å². The summed E-state index contributed by atoms with van der Waals surface area (Å²) in [5.74, 6) is 0. The zero-order chi connectivity index (χ0) is 32.4. The lowest BCUT2D eigenvalue weighted by molar-refractivity contribution is 0.672. The van der Waals surface area contributed by atoms with Crippen LogP contribution in [0.1, 0.15) is 25.0 Å². The molecule has 2 aliphatic rings. The number of benzene rings is 9. The third-order valence-electron chi connectivity index (χ3n) is 11.6. The molecule has 0 unspecified atom stereocenters. The SMILES string of the molecule is CC1(C)c2c(cc(-c3ccccc3-c3ccc4c5c(cccc35)-c3ccccc3-4)c3ccccc23)-c2c1c1ccccc1c1ccccc21. The van der Waals surface area contributed by atoms with Crippen LogP contribution in [0, 0.1) is 0 Å². The van der Waals surface area contributed by atoms with E-state index in [1.165, 1.54) is 110 Å². The summed E-state index contributed by atoms with van der Waals surface area (Å²) in [4.78, 5) is 0. The van der Waals surface area contributed by atoms with Crippen molar-refractivity contribution in [3.8, 4) is 55.6 Å². The number of hydrogen-bond acceptors (Lipinski definition) is 0. The Kier molecular flexibility index (Phi) is 5.27. The van der Waals surface area contributed by atoms with Gasteiger partial charge in [-0.3, -0.25) is 0 Å². The van der Waals surface area contributed by atoms with Crippen molar-refractivity contribution in [1.82, 2.24) is 0 Å². The molecule has 0 heterocycles. The van der Waals surface area contributed by atoms with Gasteiger partial charge in [0.15, 0.2) is 0 Å². The van der Waals surface area contributed by atoms with Crippen LogP contribution in [0.2, 0.25) is 0 Å². The van der Waals surface area contributed by atoms with Gasteiger partial charge in [0.1, 0.15) is 0 Å². The van der Waals surface area contributed by atoms with Gasteiger partial charge in [-0.05, 0) is 116 Å². The Morgan fingerprint density at radius 2 is 0.714 bits per heavy atom. The molecule has 0 aliphatic heterocycles. The molecule has 0 fully saturated rings. The van der Waals surface area contributed by atoms with E-state index < -0.39 is 0 Å². The second kappa shape index (κ2) is 9.56. The lowest BCUT2D eigenvalue weighted by Crippen LogP contribution is -2.16. The summed E-state index contributed by atoms with van der Waals surface area (Å²) in [6.45, 7) is 4.87. The van der Waals surface area contributed by atoms with Crippen LogP contribution < -0.4 is 0 Å². The summed E-state index contributed by atoms with van der Waals surface area (Å²) in [6.07, 6.45) is 0. The molecule has 2 aliphatic carbocycles. The first-order valence-corrected chi connectivity index (χ1v) is 17.4. The predicted octanol–water partition coefficient (Wildman–Crippen LogP) is 13.6. The molecule has 9 aromatic carbocycles. The molecule has 0 saturated heterocycles. The Hall–Kier alpha value is -5.98. The first kappa shape index (κ1) is 27.0. The van der Waals surface area contributed by atoms with E-state index in [9.17, 15) is 0 Å². The van der Waals surface area contributed by atoms with Crippen molar-refractivity contribution in [2.45, 2.75) is 19.3 Å². The van der Waals surface area contributed by atoms with Gasteiger partial charge in [-0.1, -0.05) is 166 Å². The molecule has 0 radical (unpaired) electrons. The van der Waals surface area contributed by atoms with Crippen LogP contribution >= 0.6 is 0 Å². The first-order valence-electron chi connectivity index (χ1n) is 17.4. The zero-order valence-corrected chi connectivity index (χ0v) is 27.5. The monoisotopic (exact) mass is 620 g/mol. The lowest BCUT2D eigenvalue weighted by Gasteiger charge is -2.26. The minimum Gasteiger partial charge on any atom is -0.0616 e. The van der Waals surface area contributed by atoms with Gasteiger partial charge in [0.2, 0.25) is 0 Å². The van der Waals surface area contributed by atoms with Crippen molar-refractivity contribution >= 4 is 43.1 Å². The summed E-state index contributed by atoms with van der Waals surface area (Å²) >= 11 is 0. The molecule has 0 spiro atoms. The van der Waals surface area contributed by atoms with E-state index in [0.717, 1.165) is 0 Å². The van der Waals surface area contributed by atoms with Gasteiger partial charge in [-0.25, -0.2) is 0 Å². The highest BCUT2D eigenvalue weighted by Crippen LogP contribution is 2.58. The van der Waals surface area contributed by atoms with Crippen LogP contribution in [0.4, 0.5) is 0 Å². The highest BCUT2D eigenvalue weighted by molar-refractivity contribution is 6.22. The highest BCUT2D eigenvalue weighted by Gasteiger charge is 2.40. The van der Waals surface area contributed by atoms with E-state index in [-0.39, 0.29) is 5.41 Å². The Labute approximate surface area is 285 Å². The van der Waals surface area contributed by atoms with Crippen molar-refractivity contribution in [2.24, 2.45) is 0 Å². The molecule has 228 valence electrons. The van der Waals surface area contributed by atoms with Gasteiger partial charge >= 0.3 is 0 Å². The zero-order valence-electron chi connectivity index (χ0n) is 27.5. The number of rotatable bonds is 2. The summed E-state index contributed by atoms with van der Waals surface area (Å²) in [6, 6.07) is 59.1. The van der Waals surface area contributed by atoms with Gasteiger partial charge in [0.25, 0.3) is 0 Å². The molecule has 0 atom stereocenters. The van der Waals surface area contributed by atoms with Crippen LogP contribution in [0.5, 0.6) is 0 Å². The molecule has 0 heteroatoms. The maximum absolute atomic E-state index is 2.53. The smallest absolute Gasteiger partial charge is 0.0171 e. The third kappa shape index (κ3) is 3.43. The van der Waals surface area contributed by atoms with Crippen LogP contribution in [0.15, 0.2) is 158 Å². The lowest BCUT2D eigenvalue weighted by atomic mass is 9.77. The number of hydrogen-bond donors (Lipinski definition) is 0. The molecule has 0 saturated carbocycles. The summed E-state index contributed by atoms with van der Waals surface area (Å²) in [5, 5.41) is 10.7. The molecule has 0 aromatic heterocycles. The Morgan fingerprint density at radius 3 is 1.39 bits per heavy atom. The minimum absolute atomic E-state index is 0.168. The molecule has 0 bridgehead atoms. The Bertz CT molecular complexity index is 2870. The second-order valence-corrected chi connectivity index (χ2v) is 14.3. The fourth-order valence-corrected chi connectivity index (χ4v) is 9.66. The van der Waals surface area contributed by atoms with E-state index in [0.29, 0.717) is 0 Å². The van der Waals surface area contributed by atoms with Crippen LogP contribution in [0.3, 0.4) is 0 Å². The van der Waals surface area contributed by atoms with E-state index in [1.807, 2.05) is 0 Å². The summed E-state index contributed by atoms with van der Waals surface area (Å²) < 4.78 is 0. The minimum atomic E-state index is -0.168. The summed E-state index contributed by atoms with van der Waals surface area (Å²) in [5.41, 5.74) is 15.9. The summed E-state index contributed by atoms with van der Waals surface area (Å²) in [7, 11) is 0. The van der Waals surface area contributed by atoms with Crippen LogP contribution in [-0.2, 0) is 5.41 Å².